The van der Waals surface area contributed by atoms with Crippen molar-refractivity contribution in [3.63, 3.8) is 0 Å². The molecule has 7 nitrogen and oxygen atoms in total. The summed E-state index contributed by atoms with van der Waals surface area (Å²) < 4.78 is 12.6. The molecule has 2 aromatic rings. The number of benzene rings is 1. The lowest BCUT2D eigenvalue weighted by atomic mass is 10.0. The van der Waals surface area contributed by atoms with E-state index in [4.69, 9.17) is 32.7 Å². The number of cyclic esters (lactones) is 1. The Morgan fingerprint density at radius 3 is 2.65 bits per heavy atom. The molecule has 0 unspecified atom stereocenters. The molecule has 3 rings (SSSR count). The van der Waals surface area contributed by atoms with Crippen LogP contribution in [-0.4, -0.2) is 51.8 Å². The van der Waals surface area contributed by atoms with Gasteiger partial charge >= 0.3 is 11.9 Å². The third-order valence-corrected chi connectivity index (χ3v) is 5.59. The SMILES string of the molecule is CCOC(=O)[C@H](Cc1cncn1Cc1cc(Cl)cc(Cl)c1)N1COC(=O)[C@@H]1CC(C)C. The molecule has 1 aliphatic rings. The van der Waals surface area contributed by atoms with E-state index in [1.807, 2.05) is 30.5 Å². The zero-order valence-corrected chi connectivity index (χ0v) is 19.4. The molecule has 2 heterocycles. The molecule has 0 radical (unpaired) electrons. The molecule has 168 valence electrons. The fourth-order valence-corrected chi connectivity index (χ4v) is 4.35. The number of hydrogen-bond donors (Lipinski definition) is 0. The summed E-state index contributed by atoms with van der Waals surface area (Å²) in [5, 5.41) is 1.11. The average Bonchev–Trinajstić information content (AvgIpc) is 3.25. The third-order valence-electron chi connectivity index (χ3n) is 5.16. The van der Waals surface area contributed by atoms with Gasteiger partial charge in [0, 0.05) is 34.9 Å². The van der Waals surface area contributed by atoms with Crippen LogP contribution in [-0.2, 0) is 32.0 Å². The van der Waals surface area contributed by atoms with Gasteiger partial charge in [-0.15, -0.1) is 0 Å². The molecule has 31 heavy (non-hydrogen) atoms. The van der Waals surface area contributed by atoms with Gasteiger partial charge in [-0.25, -0.2) is 9.88 Å². The maximum atomic E-state index is 12.9. The zero-order chi connectivity index (χ0) is 22.5. The van der Waals surface area contributed by atoms with Crippen molar-refractivity contribution in [2.45, 2.75) is 52.2 Å². The summed E-state index contributed by atoms with van der Waals surface area (Å²) >= 11 is 12.2. The lowest BCUT2D eigenvalue weighted by Crippen LogP contribution is -2.48. The molecule has 0 aliphatic carbocycles. The first-order valence-corrected chi connectivity index (χ1v) is 11.1. The summed E-state index contributed by atoms with van der Waals surface area (Å²) in [5.74, 6) is -0.405. The van der Waals surface area contributed by atoms with Crippen LogP contribution in [0.4, 0.5) is 0 Å². The van der Waals surface area contributed by atoms with Crippen LogP contribution in [0.3, 0.4) is 0 Å². The van der Waals surface area contributed by atoms with E-state index in [2.05, 4.69) is 4.98 Å². The van der Waals surface area contributed by atoms with E-state index in [1.165, 1.54) is 0 Å². The van der Waals surface area contributed by atoms with Gasteiger partial charge < -0.3 is 14.0 Å². The molecule has 1 fully saturated rings. The smallest absolute Gasteiger partial charge is 0.324 e. The minimum absolute atomic E-state index is 0.0672. The Kier molecular flexibility index (Phi) is 7.97. The highest BCUT2D eigenvalue weighted by molar-refractivity contribution is 6.34. The second-order valence-corrected chi connectivity index (χ2v) is 8.89. The Balaban J connectivity index is 1.85. The van der Waals surface area contributed by atoms with E-state index in [0.717, 1.165) is 11.3 Å². The number of esters is 2. The van der Waals surface area contributed by atoms with Gasteiger partial charge in [0.1, 0.15) is 18.8 Å². The summed E-state index contributed by atoms with van der Waals surface area (Å²) in [6.45, 7) is 6.66. The Hall–Kier alpha value is -2.09. The standard InChI is InChI=1S/C22H27Cl2N3O4/c1-4-30-21(28)20(27-13-31-22(29)19(27)5-14(2)3)9-18-10-25-12-26(18)11-15-6-16(23)8-17(24)7-15/h6-8,10,12,14,19-20H,4-5,9,11,13H2,1-3H3/t19-,20-/m0/s1. The number of ether oxygens (including phenoxy) is 2. The maximum absolute atomic E-state index is 12.9. The van der Waals surface area contributed by atoms with Crippen LogP contribution < -0.4 is 0 Å². The molecule has 0 spiro atoms. The number of carbonyl (C=O) groups excluding carboxylic acids is 2. The van der Waals surface area contributed by atoms with Gasteiger partial charge in [0.05, 0.1) is 12.9 Å². The molecule has 1 aromatic heterocycles. The molecule has 9 heteroatoms. The first-order valence-electron chi connectivity index (χ1n) is 10.3. The minimum Gasteiger partial charge on any atom is -0.465 e. The van der Waals surface area contributed by atoms with E-state index in [0.29, 0.717) is 29.4 Å². The fourth-order valence-electron chi connectivity index (χ4n) is 3.78. The van der Waals surface area contributed by atoms with E-state index in [1.54, 1.807) is 30.4 Å². The van der Waals surface area contributed by atoms with Gasteiger partial charge in [-0.05, 0) is 43.0 Å². The number of hydrogen-bond acceptors (Lipinski definition) is 6. The largest absolute Gasteiger partial charge is 0.465 e. The quantitative estimate of drug-likeness (QED) is 0.519. The van der Waals surface area contributed by atoms with Crippen molar-refractivity contribution >= 4 is 35.1 Å². The predicted molar refractivity (Wildman–Crippen MR) is 118 cm³/mol. The Labute approximate surface area is 192 Å². The normalized spacial score (nSPS) is 17.7. The van der Waals surface area contributed by atoms with E-state index >= 15 is 0 Å². The van der Waals surface area contributed by atoms with E-state index in [9.17, 15) is 9.59 Å². The number of carbonyl (C=O) groups is 2. The third kappa shape index (κ3) is 5.99. The summed E-state index contributed by atoms with van der Waals surface area (Å²) in [5.41, 5.74) is 1.75. The topological polar surface area (TPSA) is 73.7 Å². The predicted octanol–water partition coefficient (Wildman–Crippen LogP) is 3.94. The van der Waals surface area contributed by atoms with Crippen molar-refractivity contribution in [2.24, 2.45) is 5.92 Å². The van der Waals surface area contributed by atoms with Crippen LogP contribution in [0.1, 0.15) is 38.4 Å². The molecule has 2 atom stereocenters. The molecule has 1 aromatic carbocycles. The highest BCUT2D eigenvalue weighted by Crippen LogP contribution is 2.25. The molecule has 1 aliphatic heterocycles. The fraction of sp³-hybridized carbons (Fsp3) is 0.500. The molecule has 1 saturated heterocycles. The van der Waals surface area contributed by atoms with Crippen LogP contribution >= 0.6 is 23.2 Å². The van der Waals surface area contributed by atoms with Crippen molar-refractivity contribution in [1.29, 1.82) is 0 Å². The molecular weight excluding hydrogens is 441 g/mol. The summed E-state index contributed by atoms with van der Waals surface area (Å²) in [6.07, 6.45) is 4.35. The number of nitrogens with zero attached hydrogens (tertiary/aromatic N) is 3. The van der Waals surface area contributed by atoms with Gasteiger partial charge in [0.2, 0.25) is 0 Å². The lowest BCUT2D eigenvalue weighted by molar-refractivity contribution is -0.150. The highest BCUT2D eigenvalue weighted by Gasteiger charge is 2.42. The number of halogens is 2. The lowest BCUT2D eigenvalue weighted by Gasteiger charge is -2.29. The maximum Gasteiger partial charge on any atom is 0.324 e. The van der Waals surface area contributed by atoms with E-state index < -0.39 is 12.1 Å². The summed E-state index contributed by atoms with van der Waals surface area (Å²) in [7, 11) is 0. The van der Waals surface area contributed by atoms with Crippen molar-refractivity contribution in [2.75, 3.05) is 13.3 Å². The van der Waals surface area contributed by atoms with Crippen molar-refractivity contribution < 1.29 is 19.1 Å². The van der Waals surface area contributed by atoms with Crippen LogP contribution in [0.2, 0.25) is 10.0 Å². The van der Waals surface area contributed by atoms with Crippen LogP contribution in [0.5, 0.6) is 0 Å². The number of imidazole rings is 1. The average molecular weight is 468 g/mol. The van der Waals surface area contributed by atoms with E-state index in [-0.39, 0.29) is 31.2 Å². The molecule has 0 amide bonds. The summed E-state index contributed by atoms with van der Waals surface area (Å²) in [6, 6.07) is 4.22. The monoisotopic (exact) mass is 467 g/mol. The molecular formula is C22H27Cl2N3O4. The van der Waals surface area contributed by atoms with Gasteiger partial charge in [0.15, 0.2) is 0 Å². The van der Waals surface area contributed by atoms with Gasteiger partial charge in [0.25, 0.3) is 0 Å². The van der Waals surface area contributed by atoms with Crippen LogP contribution in [0.15, 0.2) is 30.7 Å². The Morgan fingerprint density at radius 2 is 2.00 bits per heavy atom. The molecule has 0 bridgehead atoms. The second kappa shape index (κ2) is 10.5. The minimum atomic E-state index is -0.659. The zero-order valence-electron chi connectivity index (χ0n) is 17.9. The first kappa shape index (κ1) is 23.6. The van der Waals surface area contributed by atoms with Crippen molar-refractivity contribution in [3.8, 4) is 0 Å². The Bertz CT molecular complexity index is 911. The highest BCUT2D eigenvalue weighted by atomic mass is 35.5. The number of aromatic nitrogens is 2. The van der Waals surface area contributed by atoms with Crippen LogP contribution in [0, 0.1) is 5.92 Å². The second-order valence-electron chi connectivity index (χ2n) is 8.01. The summed E-state index contributed by atoms with van der Waals surface area (Å²) in [4.78, 5) is 31.2. The van der Waals surface area contributed by atoms with Gasteiger partial charge in [-0.3, -0.25) is 9.59 Å². The Morgan fingerprint density at radius 1 is 1.29 bits per heavy atom. The van der Waals surface area contributed by atoms with Gasteiger partial charge in [-0.2, -0.15) is 0 Å². The van der Waals surface area contributed by atoms with Crippen LogP contribution in [0.25, 0.3) is 0 Å². The van der Waals surface area contributed by atoms with Gasteiger partial charge in [-0.1, -0.05) is 37.0 Å². The number of rotatable bonds is 9. The van der Waals surface area contributed by atoms with Crippen molar-refractivity contribution in [3.05, 3.63) is 52.0 Å². The first-order chi connectivity index (χ1) is 14.8. The molecule has 0 N–H and O–H groups in total. The van der Waals surface area contributed by atoms with Crippen molar-refractivity contribution in [1.82, 2.24) is 14.5 Å². The molecule has 0 saturated carbocycles.